The van der Waals surface area contributed by atoms with Gasteiger partial charge in [-0.2, -0.15) is 0 Å². The van der Waals surface area contributed by atoms with E-state index in [0.717, 1.165) is 11.8 Å². The number of benzene rings is 1. The lowest BCUT2D eigenvalue weighted by Crippen LogP contribution is -2.28. The van der Waals surface area contributed by atoms with Crippen molar-refractivity contribution in [3.8, 4) is 0 Å². The lowest BCUT2D eigenvalue weighted by molar-refractivity contribution is -0.111. The molecule has 15 heavy (non-hydrogen) atoms. The number of rotatable bonds is 1. The van der Waals surface area contributed by atoms with Gasteiger partial charge in [0.2, 0.25) is 5.12 Å². The van der Waals surface area contributed by atoms with Gasteiger partial charge in [0, 0.05) is 5.69 Å². The van der Waals surface area contributed by atoms with Crippen LogP contribution in [0.2, 0.25) is 0 Å². The summed E-state index contributed by atoms with van der Waals surface area (Å²) in [5.41, 5.74) is 0.886. The third-order valence-electron chi connectivity index (χ3n) is 2.17. The molecule has 0 amide bonds. The molecule has 1 atom stereocenters. The summed E-state index contributed by atoms with van der Waals surface area (Å²) < 4.78 is 0. The summed E-state index contributed by atoms with van der Waals surface area (Å²) in [5, 5.41) is 11.9. The Labute approximate surface area is 90.7 Å². The molecule has 0 aromatic heterocycles. The maximum atomic E-state index is 11.4. The summed E-state index contributed by atoms with van der Waals surface area (Å²) in [6, 6.07) is 4.67. The van der Waals surface area contributed by atoms with Crippen LogP contribution >= 0.6 is 11.8 Å². The molecule has 0 saturated carbocycles. The van der Waals surface area contributed by atoms with Crippen LogP contribution in [0.4, 0.5) is 5.69 Å². The predicted molar refractivity (Wildman–Crippen MR) is 57.4 cm³/mol. The first-order chi connectivity index (χ1) is 7.09. The highest BCUT2D eigenvalue weighted by molar-refractivity contribution is 8.14. The van der Waals surface area contributed by atoms with Crippen LogP contribution in [0.15, 0.2) is 23.1 Å². The fraction of sp³-hybridized carbons (Fsp3) is 0.200. The Hall–Kier alpha value is -1.49. The Balaban J connectivity index is 2.52. The first-order valence-electron chi connectivity index (χ1n) is 4.44. The largest absolute Gasteiger partial charge is 0.478 e. The van der Waals surface area contributed by atoms with Crippen molar-refractivity contribution in [3.63, 3.8) is 0 Å². The highest BCUT2D eigenvalue weighted by Gasteiger charge is 2.26. The summed E-state index contributed by atoms with van der Waals surface area (Å²) in [5.74, 6) is -1.01. The molecule has 2 rings (SSSR count). The normalized spacial score (nSPS) is 19.3. The summed E-state index contributed by atoms with van der Waals surface area (Å²) in [6.45, 7) is 1.76. The van der Waals surface area contributed by atoms with E-state index in [4.69, 9.17) is 5.11 Å². The van der Waals surface area contributed by atoms with Crippen molar-refractivity contribution in [1.82, 2.24) is 0 Å². The molecule has 0 fully saturated rings. The van der Waals surface area contributed by atoms with Gasteiger partial charge < -0.3 is 10.4 Å². The van der Waals surface area contributed by atoms with Gasteiger partial charge in [-0.05, 0) is 30.8 Å². The molecule has 78 valence electrons. The van der Waals surface area contributed by atoms with Crippen LogP contribution in [0.1, 0.15) is 17.3 Å². The topological polar surface area (TPSA) is 66.4 Å². The Kier molecular flexibility index (Phi) is 2.40. The van der Waals surface area contributed by atoms with E-state index in [2.05, 4.69) is 5.32 Å². The van der Waals surface area contributed by atoms with Gasteiger partial charge in [-0.25, -0.2) is 4.79 Å². The predicted octanol–water partition coefficient (Wildman–Crippen LogP) is 1.82. The molecular weight excluding hydrogens is 214 g/mol. The van der Waals surface area contributed by atoms with Gasteiger partial charge in [-0.3, -0.25) is 4.79 Å². The monoisotopic (exact) mass is 223 g/mol. The van der Waals surface area contributed by atoms with Gasteiger partial charge in [0.25, 0.3) is 0 Å². The van der Waals surface area contributed by atoms with E-state index in [1.54, 1.807) is 19.1 Å². The van der Waals surface area contributed by atoms with Crippen molar-refractivity contribution >= 4 is 28.5 Å². The number of carbonyl (C=O) groups excluding carboxylic acids is 1. The molecule has 1 aliphatic rings. The molecule has 1 unspecified atom stereocenters. The van der Waals surface area contributed by atoms with Crippen molar-refractivity contribution in [1.29, 1.82) is 0 Å². The maximum Gasteiger partial charge on any atom is 0.336 e. The first-order valence-corrected chi connectivity index (χ1v) is 5.26. The number of carboxylic acid groups (broad SMARTS) is 1. The van der Waals surface area contributed by atoms with Gasteiger partial charge in [-0.15, -0.1) is 0 Å². The van der Waals surface area contributed by atoms with E-state index < -0.39 is 5.97 Å². The minimum absolute atomic E-state index is 0.0591. The second-order valence-corrected chi connectivity index (χ2v) is 4.29. The van der Waals surface area contributed by atoms with Crippen molar-refractivity contribution in [2.75, 3.05) is 5.32 Å². The van der Waals surface area contributed by atoms with Crippen LogP contribution in [0.3, 0.4) is 0 Å². The van der Waals surface area contributed by atoms with Crippen LogP contribution in [-0.2, 0) is 4.79 Å². The lowest BCUT2D eigenvalue weighted by atomic mass is 10.2. The van der Waals surface area contributed by atoms with Crippen LogP contribution in [0.5, 0.6) is 0 Å². The molecule has 0 bridgehead atoms. The third-order valence-corrected chi connectivity index (χ3v) is 3.37. The number of fused-ring (bicyclic) bond motifs is 1. The number of nitrogens with one attached hydrogen (secondary N) is 1. The molecular formula is C10H9NO3S. The molecule has 1 aromatic rings. The highest BCUT2D eigenvalue weighted by atomic mass is 32.2. The number of anilines is 1. The van der Waals surface area contributed by atoms with E-state index in [9.17, 15) is 9.59 Å². The SMILES string of the molecule is CC1Nc2cccc(C(=O)O)c2SC1=O. The fourth-order valence-electron chi connectivity index (χ4n) is 1.41. The van der Waals surface area contributed by atoms with Gasteiger partial charge >= 0.3 is 5.97 Å². The molecule has 0 aliphatic carbocycles. The average molecular weight is 223 g/mol. The summed E-state index contributed by atoms with van der Waals surface area (Å²) >= 11 is 0.993. The molecule has 1 aliphatic heterocycles. The molecule has 1 aromatic carbocycles. The van der Waals surface area contributed by atoms with E-state index in [1.807, 2.05) is 0 Å². The Morgan fingerprint density at radius 2 is 2.27 bits per heavy atom. The molecule has 2 N–H and O–H groups in total. The van der Waals surface area contributed by atoms with Crippen molar-refractivity contribution in [3.05, 3.63) is 23.8 Å². The van der Waals surface area contributed by atoms with Crippen molar-refractivity contribution < 1.29 is 14.7 Å². The smallest absolute Gasteiger partial charge is 0.336 e. The summed E-state index contributed by atoms with van der Waals surface area (Å²) in [4.78, 5) is 22.9. The molecule has 0 radical (unpaired) electrons. The minimum Gasteiger partial charge on any atom is -0.478 e. The number of hydrogen-bond donors (Lipinski definition) is 2. The Morgan fingerprint density at radius 1 is 1.53 bits per heavy atom. The molecule has 1 heterocycles. The van der Waals surface area contributed by atoms with Gasteiger partial charge in [-0.1, -0.05) is 6.07 Å². The zero-order chi connectivity index (χ0) is 11.0. The third kappa shape index (κ3) is 1.70. The van der Waals surface area contributed by atoms with Crippen LogP contribution in [0, 0.1) is 0 Å². The summed E-state index contributed by atoms with van der Waals surface area (Å²) in [7, 11) is 0. The highest BCUT2D eigenvalue weighted by Crippen LogP contribution is 2.36. The van der Waals surface area contributed by atoms with Gasteiger partial charge in [0.1, 0.15) is 0 Å². The van der Waals surface area contributed by atoms with Gasteiger partial charge in [0.15, 0.2) is 0 Å². The Bertz CT molecular complexity index is 444. The van der Waals surface area contributed by atoms with Crippen molar-refractivity contribution in [2.45, 2.75) is 17.9 Å². The molecule has 4 nitrogen and oxygen atoms in total. The second kappa shape index (κ2) is 3.58. The molecule has 0 spiro atoms. The van der Waals surface area contributed by atoms with E-state index in [-0.39, 0.29) is 16.7 Å². The number of thioether (sulfide) groups is 1. The molecule has 0 saturated heterocycles. The standard InChI is InChI=1S/C10H9NO3S/c1-5-10(14)15-8-6(9(12)13)3-2-4-7(8)11-5/h2-5,11H,1H3,(H,12,13). The average Bonchev–Trinajstić information content (AvgIpc) is 2.18. The molecule has 5 heteroatoms. The van der Waals surface area contributed by atoms with Crippen LogP contribution < -0.4 is 5.32 Å². The first kappa shape index (κ1) is 10.0. The minimum atomic E-state index is -1.01. The number of aromatic carboxylic acids is 1. The van der Waals surface area contributed by atoms with Crippen molar-refractivity contribution in [2.24, 2.45) is 0 Å². The lowest BCUT2D eigenvalue weighted by Gasteiger charge is -2.23. The maximum absolute atomic E-state index is 11.4. The van der Waals surface area contributed by atoms with E-state index >= 15 is 0 Å². The number of carboxylic acids is 1. The van der Waals surface area contributed by atoms with E-state index in [1.165, 1.54) is 6.07 Å². The number of carbonyl (C=O) groups is 2. The zero-order valence-corrected chi connectivity index (χ0v) is 8.80. The summed E-state index contributed by atoms with van der Waals surface area (Å²) in [6.07, 6.45) is 0. The Morgan fingerprint density at radius 3 is 2.93 bits per heavy atom. The second-order valence-electron chi connectivity index (χ2n) is 3.27. The quantitative estimate of drug-likeness (QED) is 0.760. The van der Waals surface area contributed by atoms with Gasteiger partial charge in [0.05, 0.1) is 16.5 Å². The van der Waals surface area contributed by atoms with Crippen LogP contribution in [0.25, 0.3) is 0 Å². The van der Waals surface area contributed by atoms with E-state index in [0.29, 0.717) is 10.6 Å². The number of hydrogen-bond acceptors (Lipinski definition) is 4. The zero-order valence-electron chi connectivity index (χ0n) is 7.98. The fourth-order valence-corrected chi connectivity index (χ4v) is 2.35. The van der Waals surface area contributed by atoms with Crippen LogP contribution in [-0.4, -0.2) is 22.2 Å².